The van der Waals surface area contributed by atoms with E-state index in [1.165, 1.54) is 4.90 Å². The molecule has 1 fully saturated rings. The monoisotopic (exact) mass is 436 g/mol. The second-order valence-corrected chi connectivity index (χ2v) is 8.98. The number of hydrogen-bond donors (Lipinski definition) is 0. The van der Waals surface area contributed by atoms with Crippen LogP contribution in [0.5, 0.6) is 0 Å². The number of nitrogens with zero attached hydrogens (tertiary/aromatic N) is 2. The van der Waals surface area contributed by atoms with Crippen LogP contribution in [0.1, 0.15) is 53.8 Å². The van der Waals surface area contributed by atoms with Gasteiger partial charge >= 0.3 is 5.97 Å². The molecule has 2 aromatic carbocycles. The van der Waals surface area contributed by atoms with Gasteiger partial charge in [0.2, 0.25) is 0 Å². The summed E-state index contributed by atoms with van der Waals surface area (Å²) in [6.45, 7) is 5.46. The van der Waals surface area contributed by atoms with Gasteiger partial charge in [0.25, 0.3) is 17.7 Å². The van der Waals surface area contributed by atoms with Crippen LogP contribution in [-0.4, -0.2) is 59.7 Å². The number of esters is 1. The van der Waals surface area contributed by atoms with E-state index in [1.807, 2.05) is 12.1 Å². The largest absolute Gasteiger partial charge is 0.456 e. The molecule has 0 N–H and O–H groups in total. The van der Waals surface area contributed by atoms with Crippen LogP contribution in [0.2, 0.25) is 0 Å². The molecule has 3 amide bonds. The maximum atomic E-state index is 12.9. The Morgan fingerprint density at radius 3 is 2.16 bits per heavy atom. The van der Waals surface area contributed by atoms with Gasteiger partial charge in [0.05, 0.1) is 0 Å². The third kappa shape index (κ3) is 4.38. The average molecular weight is 437 g/mol. The maximum Gasteiger partial charge on any atom is 0.306 e. The Morgan fingerprint density at radius 2 is 1.56 bits per heavy atom. The molecule has 0 aliphatic carbocycles. The van der Waals surface area contributed by atoms with Crippen molar-refractivity contribution in [1.82, 2.24) is 9.80 Å². The van der Waals surface area contributed by atoms with Crippen LogP contribution in [0, 0.1) is 11.8 Å². The van der Waals surface area contributed by atoms with Crippen molar-refractivity contribution < 1.29 is 23.9 Å². The van der Waals surface area contributed by atoms with E-state index >= 15 is 0 Å². The van der Waals surface area contributed by atoms with Crippen LogP contribution in [0.25, 0.3) is 10.8 Å². The Labute approximate surface area is 187 Å². The number of carbonyl (C=O) groups is 4. The van der Waals surface area contributed by atoms with E-state index in [9.17, 15) is 19.2 Å². The SMILES string of the molecule is C[C@@H]1C[C@H](C)CN(C(=O)COC(=O)CCCN2C(=O)c3cccc4cccc(c34)C2=O)C1. The fraction of sp³-hybridized carbons (Fsp3) is 0.440. The Hall–Kier alpha value is -3.22. The van der Waals surface area contributed by atoms with Crippen LogP contribution < -0.4 is 0 Å². The highest BCUT2D eigenvalue weighted by molar-refractivity contribution is 6.25. The first-order chi connectivity index (χ1) is 15.3. The Kier molecular flexibility index (Phi) is 6.26. The molecule has 1 saturated heterocycles. The highest BCUT2D eigenvalue weighted by Gasteiger charge is 2.32. The van der Waals surface area contributed by atoms with Gasteiger partial charge < -0.3 is 9.64 Å². The van der Waals surface area contributed by atoms with Crippen LogP contribution >= 0.6 is 0 Å². The lowest BCUT2D eigenvalue weighted by atomic mass is 9.92. The fourth-order valence-corrected chi connectivity index (χ4v) is 4.84. The van der Waals surface area contributed by atoms with E-state index in [0.717, 1.165) is 11.8 Å². The molecule has 0 saturated carbocycles. The van der Waals surface area contributed by atoms with Gasteiger partial charge in [0.1, 0.15) is 0 Å². The first-order valence-electron chi connectivity index (χ1n) is 11.2. The number of carbonyl (C=O) groups excluding carboxylic acids is 4. The van der Waals surface area contributed by atoms with Gasteiger partial charge in [0.15, 0.2) is 6.61 Å². The summed E-state index contributed by atoms with van der Waals surface area (Å²) in [6, 6.07) is 10.8. The van der Waals surface area contributed by atoms with E-state index in [0.29, 0.717) is 41.4 Å². The van der Waals surface area contributed by atoms with Crippen molar-refractivity contribution in [1.29, 1.82) is 0 Å². The molecule has 0 aromatic heterocycles. The summed E-state index contributed by atoms with van der Waals surface area (Å²) >= 11 is 0. The molecule has 2 aliphatic heterocycles. The molecule has 2 aromatic rings. The van der Waals surface area contributed by atoms with Gasteiger partial charge in [0, 0.05) is 42.6 Å². The highest BCUT2D eigenvalue weighted by atomic mass is 16.5. The normalized spacial score (nSPS) is 20.6. The summed E-state index contributed by atoms with van der Waals surface area (Å²) in [7, 11) is 0. The van der Waals surface area contributed by atoms with Gasteiger partial charge in [-0.05, 0) is 42.2 Å². The van der Waals surface area contributed by atoms with Crippen LogP contribution in [0.3, 0.4) is 0 Å². The number of imide groups is 1. The second-order valence-electron chi connectivity index (χ2n) is 8.98. The molecule has 2 aliphatic rings. The lowest BCUT2D eigenvalue weighted by molar-refractivity contribution is -0.153. The zero-order chi connectivity index (χ0) is 22.8. The van der Waals surface area contributed by atoms with Crippen molar-refractivity contribution in [2.24, 2.45) is 11.8 Å². The summed E-state index contributed by atoms with van der Waals surface area (Å²) < 4.78 is 5.15. The predicted molar refractivity (Wildman–Crippen MR) is 119 cm³/mol. The van der Waals surface area contributed by atoms with Crippen molar-refractivity contribution in [2.75, 3.05) is 26.2 Å². The quantitative estimate of drug-likeness (QED) is 0.513. The van der Waals surface area contributed by atoms with E-state index in [-0.39, 0.29) is 43.7 Å². The number of rotatable bonds is 6. The van der Waals surface area contributed by atoms with E-state index < -0.39 is 5.97 Å². The van der Waals surface area contributed by atoms with E-state index in [4.69, 9.17) is 4.74 Å². The van der Waals surface area contributed by atoms with Crippen molar-refractivity contribution in [3.05, 3.63) is 47.5 Å². The summed E-state index contributed by atoms with van der Waals surface area (Å²) in [5.74, 6) is -0.505. The van der Waals surface area contributed by atoms with E-state index in [2.05, 4.69) is 13.8 Å². The first kappa shape index (κ1) is 22.0. The summed E-state index contributed by atoms with van der Waals surface area (Å²) in [6.07, 6.45) is 1.40. The summed E-state index contributed by atoms with van der Waals surface area (Å²) in [4.78, 5) is 53.2. The molecule has 2 heterocycles. The second kappa shape index (κ2) is 9.10. The van der Waals surface area contributed by atoms with Gasteiger partial charge in [-0.2, -0.15) is 0 Å². The van der Waals surface area contributed by atoms with Gasteiger partial charge in [-0.15, -0.1) is 0 Å². The smallest absolute Gasteiger partial charge is 0.306 e. The number of piperidine rings is 1. The molecular formula is C25H28N2O5. The third-order valence-electron chi connectivity index (χ3n) is 6.20. The molecule has 0 spiro atoms. The number of hydrogen-bond acceptors (Lipinski definition) is 5. The lowest BCUT2D eigenvalue weighted by Crippen LogP contribution is -2.44. The van der Waals surface area contributed by atoms with Gasteiger partial charge in [-0.25, -0.2) is 0 Å². The van der Waals surface area contributed by atoms with Crippen LogP contribution in [0.15, 0.2) is 36.4 Å². The average Bonchev–Trinajstić information content (AvgIpc) is 2.77. The standard InChI is InChI=1S/C25H28N2O5/c1-16-12-17(2)14-26(13-16)21(28)15-32-22(29)10-5-11-27-24(30)19-8-3-6-18-7-4-9-20(23(18)19)25(27)31/h3-4,6-9,16-17H,5,10-15H2,1-2H3/t16-,17+. The molecule has 168 valence electrons. The fourth-order valence-electron chi connectivity index (χ4n) is 4.84. The van der Waals surface area contributed by atoms with Crippen LogP contribution in [0.4, 0.5) is 0 Å². The van der Waals surface area contributed by atoms with Gasteiger partial charge in [-0.3, -0.25) is 24.1 Å². The van der Waals surface area contributed by atoms with Crippen molar-refractivity contribution in [3.63, 3.8) is 0 Å². The molecule has 0 unspecified atom stereocenters. The molecule has 4 rings (SSSR count). The predicted octanol–water partition coefficient (Wildman–Crippen LogP) is 3.26. The zero-order valence-corrected chi connectivity index (χ0v) is 18.5. The Bertz CT molecular complexity index is 1020. The van der Waals surface area contributed by atoms with Crippen molar-refractivity contribution >= 4 is 34.5 Å². The summed E-state index contributed by atoms with van der Waals surface area (Å²) in [5, 5.41) is 1.53. The molecule has 7 heteroatoms. The van der Waals surface area contributed by atoms with Crippen molar-refractivity contribution in [2.45, 2.75) is 33.1 Å². The first-order valence-corrected chi connectivity index (χ1v) is 11.2. The molecule has 32 heavy (non-hydrogen) atoms. The number of ether oxygens (including phenoxy) is 1. The van der Waals surface area contributed by atoms with E-state index in [1.54, 1.807) is 29.2 Å². The molecule has 7 nitrogen and oxygen atoms in total. The van der Waals surface area contributed by atoms with Gasteiger partial charge in [-0.1, -0.05) is 38.1 Å². The minimum Gasteiger partial charge on any atom is -0.456 e. The molecule has 2 atom stereocenters. The number of amides is 3. The summed E-state index contributed by atoms with van der Waals surface area (Å²) in [5.41, 5.74) is 0.992. The van der Waals surface area contributed by atoms with Crippen LogP contribution in [-0.2, 0) is 14.3 Å². The topological polar surface area (TPSA) is 84.0 Å². The zero-order valence-electron chi connectivity index (χ0n) is 18.5. The molecular weight excluding hydrogens is 408 g/mol. The third-order valence-corrected chi connectivity index (χ3v) is 6.20. The minimum absolute atomic E-state index is 0.0307. The highest BCUT2D eigenvalue weighted by Crippen LogP contribution is 2.30. The molecule has 0 radical (unpaired) electrons. The number of likely N-dealkylation sites (tertiary alicyclic amines) is 1. The Morgan fingerprint density at radius 1 is 0.969 bits per heavy atom. The Balaban J connectivity index is 1.29. The minimum atomic E-state index is -0.504. The number of benzene rings is 2. The maximum absolute atomic E-state index is 12.9. The molecule has 0 bridgehead atoms. The van der Waals surface area contributed by atoms with Crippen molar-refractivity contribution in [3.8, 4) is 0 Å². The lowest BCUT2D eigenvalue weighted by Gasteiger charge is -2.34.